The summed E-state index contributed by atoms with van der Waals surface area (Å²) in [4.78, 5) is 0. The van der Waals surface area contributed by atoms with Gasteiger partial charge in [0.05, 0.1) is 0 Å². The van der Waals surface area contributed by atoms with Gasteiger partial charge in [0, 0.05) is 5.75 Å². The van der Waals surface area contributed by atoms with Crippen molar-refractivity contribution in [1.29, 1.82) is 0 Å². The number of hydrogen-bond donors (Lipinski definition) is 0. The Bertz CT molecular complexity index is 117. The second-order valence-corrected chi connectivity index (χ2v) is 5.14. The molecule has 12 heavy (non-hydrogen) atoms. The Morgan fingerprint density at radius 2 is 1.50 bits per heavy atom. The van der Waals surface area contributed by atoms with E-state index in [-0.39, 0.29) is 0 Å². The van der Waals surface area contributed by atoms with Gasteiger partial charge < -0.3 is 0 Å². The Morgan fingerprint density at radius 3 is 2.00 bits per heavy atom. The van der Waals surface area contributed by atoms with Gasteiger partial charge in [-0.15, -0.1) is 0 Å². The van der Waals surface area contributed by atoms with Crippen molar-refractivity contribution in [1.82, 2.24) is 0 Å². The number of unbranched alkanes of at least 4 members (excludes halogenated alkanes) is 6. The number of halogens is 1. The standard InChI is InChI=1S/C9H19ClOS/c1-2-3-4-5-6-7-8-9-12(10)11/h2-9H2,1H3. The molecule has 0 spiro atoms. The van der Waals surface area contributed by atoms with Gasteiger partial charge in [0.15, 0.2) is 0 Å². The minimum Gasteiger partial charge on any atom is -0.243 e. The lowest BCUT2D eigenvalue weighted by molar-refractivity contribution is 0.601. The molecule has 0 aromatic rings. The fourth-order valence-corrected chi connectivity index (χ4v) is 1.93. The Morgan fingerprint density at radius 1 is 1.00 bits per heavy atom. The molecule has 0 bridgehead atoms. The minimum atomic E-state index is -1.10. The van der Waals surface area contributed by atoms with E-state index in [1.165, 1.54) is 38.5 Å². The first-order chi connectivity index (χ1) is 5.77. The summed E-state index contributed by atoms with van der Waals surface area (Å²) in [6, 6.07) is 0. The van der Waals surface area contributed by atoms with Gasteiger partial charge in [-0.05, 0) is 17.1 Å². The van der Waals surface area contributed by atoms with Crippen LogP contribution in [0, 0.1) is 0 Å². The Labute approximate surface area is 82.8 Å². The molecule has 0 saturated carbocycles. The molecule has 0 N–H and O–H groups in total. The summed E-state index contributed by atoms with van der Waals surface area (Å²) in [7, 11) is 4.21. The van der Waals surface area contributed by atoms with Crippen LogP contribution in [-0.4, -0.2) is 9.96 Å². The maximum Gasteiger partial charge on any atom is 0.114 e. The van der Waals surface area contributed by atoms with Gasteiger partial charge >= 0.3 is 0 Å². The predicted octanol–water partition coefficient (Wildman–Crippen LogP) is 3.64. The van der Waals surface area contributed by atoms with Crippen molar-refractivity contribution < 1.29 is 4.21 Å². The molecule has 1 nitrogen and oxygen atoms in total. The second kappa shape index (κ2) is 9.53. The zero-order valence-electron chi connectivity index (χ0n) is 7.85. The Balaban J connectivity index is 2.86. The normalized spacial score (nSPS) is 13.2. The second-order valence-electron chi connectivity index (χ2n) is 3.12. The lowest BCUT2D eigenvalue weighted by atomic mass is 10.1. The van der Waals surface area contributed by atoms with E-state index in [2.05, 4.69) is 6.92 Å². The summed E-state index contributed by atoms with van der Waals surface area (Å²) in [5.74, 6) is 0.662. The zero-order chi connectivity index (χ0) is 9.23. The molecule has 0 heterocycles. The molecule has 1 unspecified atom stereocenters. The van der Waals surface area contributed by atoms with Crippen molar-refractivity contribution in [3.05, 3.63) is 0 Å². The van der Waals surface area contributed by atoms with Gasteiger partial charge in [-0.3, -0.25) is 0 Å². The van der Waals surface area contributed by atoms with Crippen LogP contribution in [0.1, 0.15) is 51.9 Å². The number of rotatable bonds is 8. The van der Waals surface area contributed by atoms with Crippen molar-refractivity contribution in [3.8, 4) is 0 Å². The first-order valence-electron chi connectivity index (χ1n) is 4.82. The molecule has 0 aliphatic rings. The summed E-state index contributed by atoms with van der Waals surface area (Å²) in [6.07, 6.45) is 8.79. The molecule has 0 fully saturated rings. The van der Waals surface area contributed by atoms with E-state index in [1.54, 1.807) is 0 Å². The van der Waals surface area contributed by atoms with Crippen LogP contribution in [0.4, 0.5) is 0 Å². The summed E-state index contributed by atoms with van der Waals surface area (Å²) in [5, 5.41) is 0. The van der Waals surface area contributed by atoms with E-state index in [4.69, 9.17) is 10.7 Å². The predicted molar refractivity (Wildman–Crippen MR) is 56.9 cm³/mol. The van der Waals surface area contributed by atoms with Crippen molar-refractivity contribution in [2.24, 2.45) is 0 Å². The summed E-state index contributed by atoms with van der Waals surface area (Å²) < 4.78 is 10.5. The van der Waals surface area contributed by atoms with Crippen LogP contribution in [-0.2, 0) is 10.0 Å². The molecule has 0 aliphatic carbocycles. The van der Waals surface area contributed by atoms with Crippen LogP contribution in [0.25, 0.3) is 0 Å². The van der Waals surface area contributed by atoms with Crippen LogP contribution in [0.15, 0.2) is 0 Å². The molecule has 3 heteroatoms. The molecular weight excluding hydrogens is 192 g/mol. The first kappa shape index (κ1) is 12.4. The lowest BCUT2D eigenvalue weighted by Crippen LogP contribution is -1.88. The lowest BCUT2D eigenvalue weighted by Gasteiger charge is -1.98. The molecule has 0 aromatic heterocycles. The highest BCUT2D eigenvalue weighted by Crippen LogP contribution is 2.07. The Kier molecular flexibility index (Phi) is 9.88. The third-order valence-corrected chi connectivity index (χ3v) is 2.98. The van der Waals surface area contributed by atoms with E-state index in [1.807, 2.05) is 0 Å². The highest BCUT2D eigenvalue weighted by molar-refractivity contribution is 8.08. The van der Waals surface area contributed by atoms with Crippen LogP contribution in [0.5, 0.6) is 0 Å². The van der Waals surface area contributed by atoms with Gasteiger partial charge in [0.1, 0.15) is 10.0 Å². The summed E-state index contributed by atoms with van der Waals surface area (Å²) in [5.41, 5.74) is 0. The molecule has 0 aromatic carbocycles. The van der Waals surface area contributed by atoms with Crippen LogP contribution in [0.2, 0.25) is 0 Å². The molecule has 0 rings (SSSR count). The van der Waals surface area contributed by atoms with Gasteiger partial charge in [-0.1, -0.05) is 45.4 Å². The zero-order valence-corrected chi connectivity index (χ0v) is 9.42. The van der Waals surface area contributed by atoms with Gasteiger partial charge in [0.2, 0.25) is 0 Å². The molecular formula is C9H19ClOS. The van der Waals surface area contributed by atoms with E-state index in [9.17, 15) is 4.21 Å². The molecule has 1 atom stereocenters. The van der Waals surface area contributed by atoms with Crippen molar-refractivity contribution in [2.75, 3.05) is 5.75 Å². The average molecular weight is 211 g/mol. The number of hydrogen-bond acceptors (Lipinski definition) is 1. The third-order valence-electron chi connectivity index (χ3n) is 1.91. The fraction of sp³-hybridized carbons (Fsp3) is 1.00. The van der Waals surface area contributed by atoms with E-state index in [0.717, 1.165) is 6.42 Å². The van der Waals surface area contributed by atoms with Gasteiger partial charge in [0.25, 0.3) is 0 Å². The maximum atomic E-state index is 10.5. The minimum absolute atomic E-state index is 0.662. The average Bonchev–Trinajstić information content (AvgIpc) is 2.02. The summed E-state index contributed by atoms with van der Waals surface area (Å²) in [6.45, 7) is 2.22. The molecule has 0 aliphatic heterocycles. The van der Waals surface area contributed by atoms with Crippen LogP contribution < -0.4 is 0 Å². The van der Waals surface area contributed by atoms with Crippen molar-refractivity contribution >= 4 is 20.7 Å². The van der Waals surface area contributed by atoms with Crippen LogP contribution >= 0.6 is 10.7 Å². The van der Waals surface area contributed by atoms with E-state index >= 15 is 0 Å². The topological polar surface area (TPSA) is 17.1 Å². The molecule has 0 saturated heterocycles. The monoisotopic (exact) mass is 210 g/mol. The van der Waals surface area contributed by atoms with Crippen LogP contribution in [0.3, 0.4) is 0 Å². The highest BCUT2D eigenvalue weighted by Gasteiger charge is 1.94. The maximum absolute atomic E-state index is 10.5. The summed E-state index contributed by atoms with van der Waals surface area (Å²) >= 11 is 0. The van der Waals surface area contributed by atoms with E-state index in [0.29, 0.717) is 5.75 Å². The SMILES string of the molecule is CCCCCCCCCS(=O)Cl. The fourth-order valence-electron chi connectivity index (χ4n) is 1.17. The van der Waals surface area contributed by atoms with Gasteiger partial charge in [-0.2, -0.15) is 0 Å². The first-order valence-corrected chi connectivity index (χ1v) is 6.96. The highest BCUT2D eigenvalue weighted by atomic mass is 35.7. The Hall–Kier alpha value is 0.440. The largest absolute Gasteiger partial charge is 0.243 e. The van der Waals surface area contributed by atoms with Crippen molar-refractivity contribution in [3.63, 3.8) is 0 Å². The van der Waals surface area contributed by atoms with E-state index < -0.39 is 10.0 Å². The smallest absolute Gasteiger partial charge is 0.114 e. The van der Waals surface area contributed by atoms with Gasteiger partial charge in [-0.25, -0.2) is 4.21 Å². The third kappa shape index (κ3) is 10.4. The molecule has 0 radical (unpaired) electrons. The van der Waals surface area contributed by atoms with Crippen molar-refractivity contribution in [2.45, 2.75) is 51.9 Å². The molecule has 74 valence electrons. The quantitative estimate of drug-likeness (QED) is 0.442. The molecule has 0 amide bonds.